The number of hydrogen-bond donors (Lipinski definition) is 0. The highest BCUT2D eigenvalue weighted by atomic mass is 79.9. The number of hydrogen-bond acceptors (Lipinski definition) is 5. The fraction of sp³-hybridized carbons (Fsp3) is 0.130. The third-order valence-electron chi connectivity index (χ3n) is 4.72. The van der Waals surface area contributed by atoms with Gasteiger partial charge in [-0.2, -0.15) is 0 Å². The summed E-state index contributed by atoms with van der Waals surface area (Å²) in [5, 5.41) is 8.25. The number of rotatable bonds is 6. The molecule has 7 heteroatoms. The van der Waals surface area contributed by atoms with E-state index in [4.69, 9.17) is 4.74 Å². The summed E-state index contributed by atoms with van der Waals surface area (Å²) in [5.41, 5.74) is 3.33. The van der Waals surface area contributed by atoms with Crippen LogP contribution in [0, 0.1) is 6.92 Å². The van der Waals surface area contributed by atoms with Crippen LogP contribution in [0.3, 0.4) is 0 Å². The number of Topliss-reactive ketones (excluding diaryl/α,β-unsaturated/α-hetero) is 1. The van der Waals surface area contributed by atoms with Gasteiger partial charge in [-0.15, -0.1) is 5.10 Å². The minimum Gasteiger partial charge on any atom is -0.448 e. The Morgan fingerprint density at radius 3 is 2.37 bits per heavy atom. The highest BCUT2D eigenvalue weighted by molar-refractivity contribution is 9.10. The minimum absolute atomic E-state index is 0.0625. The lowest BCUT2D eigenvalue weighted by Gasteiger charge is -2.17. The van der Waals surface area contributed by atoms with Crippen molar-refractivity contribution in [2.24, 2.45) is 0 Å². The highest BCUT2D eigenvalue weighted by Crippen LogP contribution is 2.17. The topological polar surface area (TPSA) is 74.1 Å². The van der Waals surface area contributed by atoms with Crippen LogP contribution in [0.5, 0.6) is 0 Å². The SMILES string of the molecule is Cc1ccc(C(=O)O[C@H](Cn2nnc3ccccc32)C(=O)c2ccc(Br)cc2)cc1. The first-order valence-electron chi connectivity index (χ1n) is 9.37. The van der Waals surface area contributed by atoms with Crippen molar-refractivity contribution in [1.82, 2.24) is 15.0 Å². The number of para-hydroxylation sites is 1. The Labute approximate surface area is 181 Å². The zero-order valence-electron chi connectivity index (χ0n) is 16.2. The number of aryl methyl sites for hydroxylation is 1. The van der Waals surface area contributed by atoms with E-state index >= 15 is 0 Å². The number of halogens is 1. The molecule has 0 unspecified atom stereocenters. The molecule has 0 radical (unpaired) electrons. The van der Waals surface area contributed by atoms with Gasteiger partial charge in [0, 0.05) is 10.0 Å². The van der Waals surface area contributed by atoms with E-state index in [1.54, 1.807) is 41.1 Å². The second-order valence-electron chi connectivity index (χ2n) is 6.89. The molecule has 0 aliphatic rings. The number of esters is 1. The van der Waals surface area contributed by atoms with E-state index in [2.05, 4.69) is 26.2 Å². The highest BCUT2D eigenvalue weighted by Gasteiger charge is 2.27. The molecular weight excluding hydrogens is 446 g/mol. The van der Waals surface area contributed by atoms with E-state index in [1.165, 1.54) is 0 Å². The van der Waals surface area contributed by atoms with Crippen LogP contribution in [-0.2, 0) is 11.3 Å². The summed E-state index contributed by atoms with van der Waals surface area (Å²) in [6.07, 6.45) is -1.05. The number of nitrogens with zero attached hydrogens (tertiary/aromatic N) is 3. The van der Waals surface area contributed by atoms with Gasteiger partial charge in [0.2, 0.25) is 5.78 Å². The number of carbonyl (C=O) groups excluding carboxylic acids is 2. The summed E-state index contributed by atoms with van der Waals surface area (Å²) in [4.78, 5) is 25.9. The smallest absolute Gasteiger partial charge is 0.338 e. The largest absolute Gasteiger partial charge is 0.448 e. The minimum atomic E-state index is -1.05. The molecule has 3 aromatic carbocycles. The summed E-state index contributed by atoms with van der Waals surface area (Å²) in [7, 11) is 0. The van der Waals surface area contributed by atoms with E-state index in [-0.39, 0.29) is 12.3 Å². The predicted octanol–water partition coefficient (Wildman–Crippen LogP) is 4.61. The van der Waals surface area contributed by atoms with Crippen molar-refractivity contribution in [2.45, 2.75) is 19.6 Å². The van der Waals surface area contributed by atoms with Gasteiger partial charge in [0.25, 0.3) is 0 Å². The molecule has 30 heavy (non-hydrogen) atoms. The fourth-order valence-electron chi connectivity index (χ4n) is 3.07. The van der Waals surface area contributed by atoms with Gasteiger partial charge >= 0.3 is 5.97 Å². The predicted molar refractivity (Wildman–Crippen MR) is 116 cm³/mol. The van der Waals surface area contributed by atoms with Crippen molar-refractivity contribution in [3.63, 3.8) is 0 Å². The van der Waals surface area contributed by atoms with Crippen molar-refractivity contribution in [2.75, 3.05) is 0 Å². The molecule has 6 nitrogen and oxygen atoms in total. The first-order valence-corrected chi connectivity index (χ1v) is 10.2. The van der Waals surface area contributed by atoms with Crippen LogP contribution in [0.15, 0.2) is 77.3 Å². The molecule has 1 atom stereocenters. The van der Waals surface area contributed by atoms with E-state index in [9.17, 15) is 9.59 Å². The molecule has 0 N–H and O–H groups in total. The van der Waals surface area contributed by atoms with Crippen molar-refractivity contribution in [3.05, 3.63) is 94.0 Å². The summed E-state index contributed by atoms with van der Waals surface area (Å²) in [5.74, 6) is -0.863. The van der Waals surface area contributed by atoms with Gasteiger partial charge in [-0.05, 0) is 43.3 Å². The molecule has 0 saturated heterocycles. The lowest BCUT2D eigenvalue weighted by molar-refractivity contribution is 0.0245. The Bertz CT molecular complexity index is 1200. The normalized spacial score (nSPS) is 11.9. The number of aromatic nitrogens is 3. The van der Waals surface area contributed by atoms with Crippen LogP contribution < -0.4 is 0 Å². The summed E-state index contributed by atoms with van der Waals surface area (Å²) < 4.78 is 8.09. The van der Waals surface area contributed by atoms with Crippen LogP contribution in [0.2, 0.25) is 0 Å². The van der Waals surface area contributed by atoms with E-state index < -0.39 is 12.1 Å². The van der Waals surface area contributed by atoms with Crippen molar-refractivity contribution in [1.29, 1.82) is 0 Å². The van der Waals surface area contributed by atoms with Crippen molar-refractivity contribution < 1.29 is 14.3 Å². The lowest BCUT2D eigenvalue weighted by Crippen LogP contribution is -2.32. The van der Waals surface area contributed by atoms with Crippen LogP contribution in [-0.4, -0.2) is 32.9 Å². The van der Waals surface area contributed by atoms with Crippen molar-refractivity contribution >= 4 is 38.7 Å². The van der Waals surface area contributed by atoms with E-state index in [0.717, 1.165) is 15.6 Å². The Balaban J connectivity index is 1.64. The third-order valence-corrected chi connectivity index (χ3v) is 5.25. The molecular formula is C23H18BrN3O3. The number of ketones is 1. The maximum atomic E-state index is 13.2. The molecule has 1 heterocycles. The summed E-state index contributed by atoms with van der Waals surface area (Å²) >= 11 is 3.36. The first-order chi connectivity index (χ1) is 14.5. The Morgan fingerprint density at radius 1 is 0.967 bits per heavy atom. The average Bonchev–Trinajstić information content (AvgIpc) is 3.16. The number of carbonyl (C=O) groups is 2. The number of benzene rings is 3. The Kier molecular flexibility index (Phi) is 5.72. The lowest BCUT2D eigenvalue weighted by atomic mass is 10.1. The second kappa shape index (κ2) is 8.59. The van der Waals surface area contributed by atoms with Gasteiger partial charge in [0.15, 0.2) is 6.10 Å². The first kappa shape index (κ1) is 20.0. The molecule has 0 amide bonds. The Hall–Kier alpha value is -3.32. The quantitative estimate of drug-likeness (QED) is 0.308. The summed E-state index contributed by atoms with van der Waals surface area (Å²) in [6.45, 7) is 2.00. The van der Waals surface area contributed by atoms with Gasteiger partial charge in [-0.3, -0.25) is 4.79 Å². The molecule has 0 fully saturated rings. The van der Waals surface area contributed by atoms with Gasteiger partial charge in [0.05, 0.1) is 17.6 Å². The molecule has 0 spiro atoms. The molecule has 0 aliphatic carbocycles. The van der Waals surface area contributed by atoms with E-state index in [1.807, 2.05) is 43.3 Å². The number of fused-ring (bicyclic) bond motifs is 1. The monoisotopic (exact) mass is 463 g/mol. The molecule has 0 saturated carbocycles. The molecule has 150 valence electrons. The van der Waals surface area contributed by atoms with Crippen LogP contribution in [0.4, 0.5) is 0 Å². The van der Waals surface area contributed by atoms with Crippen LogP contribution >= 0.6 is 15.9 Å². The maximum Gasteiger partial charge on any atom is 0.338 e. The maximum absolute atomic E-state index is 13.2. The standard InChI is InChI=1S/C23H18BrN3O3/c1-15-6-8-17(9-7-15)23(29)30-21(22(28)16-10-12-18(24)13-11-16)14-27-20-5-3-2-4-19(20)25-26-27/h2-13,21H,14H2,1H3/t21-/m1/s1. The average molecular weight is 464 g/mol. The van der Waals surface area contributed by atoms with Gasteiger partial charge < -0.3 is 4.74 Å². The molecule has 4 rings (SSSR count). The van der Waals surface area contributed by atoms with Gasteiger partial charge in [0.1, 0.15) is 5.52 Å². The molecule has 0 bridgehead atoms. The molecule has 1 aromatic heterocycles. The van der Waals surface area contributed by atoms with Crippen LogP contribution in [0.25, 0.3) is 11.0 Å². The fourth-order valence-corrected chi connectivity index (χ4v) is 3.33. The second-order valence-corrected chi connectivity index (χ2v) is 7.81. The van der Waals surface area contributed by atoms with Crippen LogP contribution in [0.1, 0.15) is 26.3 Å². The molecule has 4 aromatic rings. The molecule has 0 aliphatic heterocycles. The van der Waals surface area contributed by atoms with E-state index in [0.29, 0.717) is 16.6 Å². The third kappa shape index (κ3) is 4.31. The zero-order valence-corrected chi connectivity index (χ0v) is 17.7. The Morgan fingerprint density at radius 2 is 1.63 bits per heavy atom. The zero-order chi connectivity index (χ0) is 21.1. The number of ether oxygens (including phenoxy) is 1. The van der Waals surface area contributed by atoms with Gasteiger partial charge in [-0.25, -0.2) is 9.48 Å². The van der Waals surface area contributed by atoms with Crippen molar-refractivity contribution in [3.8, 4) is 0 Å². The summed E-state index contributed by atoms with van der Waals surface area (Å²) in [6, 6.07) is 21.4. The van der Waals surface area contributed by atoms with Gasteiger partial charge in [-0.1, -0.05) is 63.1 Å².